The molecule has 37 heavy (non-hydrogen) atoms. The lowest BCUT2D eigenvalue weighted by atomic mass is 9.87. The van der Waals surface area contributed by atoms with Crippen LogP contribution in [0.5, 0.6) is 5.75 Å². The van der Waals surface area contributed by atoms with Crippen molar-refractivity contribution in [2.75, 3.05) is 13.2 Å². The summed E-state index contributed by atoms with van der Waals surface area (Å²) in [5.41, 5.74) is 4.48. The van der Waals surface area contributed by atoms with Crippen LogP contribution in [-0.4, -0.2) is 50.0 Å². The Morgan fingerprint density at radius 2 is 1.81 bits per heavy atom. The van der Waals surface area contributed by atoms with Crippen molar-refractivity contribution in [1.29, 1.82) is 0 Å². The number of hydrogen-bond donors (Lipinski definition) is 1. The number of amides is 1. The zero-order chi connectivity index (χ0) is 25.8. The van der Waals surface area contributed by atoms with Gasteiger partial charge in [-0.3, -0.25) is 4.79 Å². The predicted octanol–water partition coefficient (Wildman–Crippen LogP) is 4.49. The Morgan fingerprint density at radius 3 is 2.62 bits per heavy atom. The summed E-state index contributed by atoms with van der Waals surface area (Å²) in [7, 11) is 0. The number of aryl methyl sites for hydroxylation is 1. The van der Waals surface area contributed by atoms with Crippen LogP contribution in [0.4, 0.5) is 0 Å². The molecule has 8 nitrogen and oxygen atoms in total. The monoisotopic (exact) mass is 516 g/mol. The van der Waals surface area contributed by atoms with E-state index in [0.29, 0.717) is 35.7 Å². The lowest BCUT2D eigenvalue weighted by molar-refractivity contribution is -0.139. The van der Waals surface area contributed by atoms with Crippen LogP contribution in [0, 0.1) is 0 Å². The minimum Gasteiger partial charge on any atom is -0.482 e. The number of hydrogen-bond acceptors (Lipinski definition) is 5. The summed E-state index contributed by atoms with van der Waals surface area (Å²) < 4.78 is 7.36. The first kappa shape index (κ1) is 24.5. The third-order valence-electron chi connectivity index (χ3n) is 6.44. The van der Waals surface area contributed by atoms with Gasteiger partial charge in [0, 0.05) is 30.0 Å². The molecule has 0 radical (unpaired) electrons. The quantitative estimate of drug-likeness (QED) is 0.370. The van der Waals surface area contributed by atoms with E-state index in [9.17, 15) is 9.59 Å². The SMILES string of the molecule is O=C(O)COc1ccc(Cl)cc1C1c2ccccc2CCN1C(=O)CCc1cnnn1-c1ccccc1. The Hall–Kier alpha value is -4.17. The fourth-order valence-corrected chi connectivity index (χ4v) is 4.95. The average Bonchev–Trinajstić information content (AvgIpc) is 3.39. The minimum absolute atomic E-state index is 0.0375. The molecule has 0 fully saturated rings. The number of nitrogens with zero attached hydrogens (tertiary/aromatic N) is 4. The van der Waals surface area contributed by atoms with E-state index in [2.05, 4.69) is 16.4 Å². The number of carboxylic acid groups (broad SMARTS) is 1. The molecule has 1 aliphatic rings. The Labute approximate surface area is 219 Å². The molecule has 0 spiro atoms. The Balaban J connectivity index is 1.45. The first-order valence-corrected chi connectivity index (χ1v) is 12.4. The number of ether oxygens (including phenoxy) is 1. The Morgan fingerprint density at radius 1 is 1.03 bits per heavy atom. The molecule has 0 saturated heterocycles. The number of rotatable bonds is 8. The third-order valence-corrected chi connectivity index (χ3v) is 6.67. The number of halogens is 1. The summed E-state index contributed by atoms with van der Waals surface area (Å²) in [6, 6.07) is 22.2. The molecule has 0 bridgehead atoms. The maximum Gasteiger partial charge on any atom is 0.341 e. The lowest BCUT2D eigenvalue weighted by Gasteiger charge is -2.38. The van der Waals surface area contributed by atoms with E-state index in [0.717, 1.165) is 22.5 Å². The second-order valence-electron chi connectivity index (χ2n) is 8.78. The van der Waals surface area contributed by atoms with Crippen molar-refractivity contribution < 1.29 is 19.4 Å². The van der Waals surface area contributed by atoms with Crippen LogP contribution in [0.2, 0.25) is 5.02 Å². The average molecular weight is 517 g/mol. The van der Waals surface area contributed by atoms with Gasteiger partial charge >= 0.3 is 5.97 Å². The molecule has 0 saturated carbocycles. The number of aliphatic carboxylic acids is 1. The molecule has 2 heterocycles. The van der Waals surface area contributed by atoms with E-state index in [-0.39, 0.29) is 12.3 Å². The van der Waals surface area contributed by atoms with E-state index >= 15 is 0 Å². The lowest BCUT2D eigenvalue weighted by Crippen LogP contribution is -2.41. The maximum atomic E-state index is 13.7. The molecule has 3 aromatic carbocycles. The van der Waals surface area contributed by atoms with Crippen molar-refractivity contribution in [2.45, 2.75) is 25.3 Å². The van der Waals surface area contributed by atoms with Crippen LogP contribution >= 0.6 is 11.6 Å². The maximum absolute atomic E-state index is 13.7. The molecule has 1 aliphatic heterocycles. The number of fused-ring (bicyclic) bond motifs is 1. The second-order valence-corrected chi connectivity index (χ2v) is 9.21. The van der Waals surface area contributed by atoms with Crippen LogP contribution < -0.4 is 4.74 Å². The van der Waals surface area contributed by atoms with Gasteiger partial charge in [-0.1, -0.05) is 59.3 Å². The largest absolute Gasteiger partial charge is 0.482 e. The van der Waals surface area contributed by atoms with E-state index in [1.54, 1.807) is 29.1 Å². The zero-order valence-electron chi connectivity index (χ0n) is 20.0. The van der Waals surface area contributed by atoms with Crippen molar-refractivity contribution in [2.24, 2.45) is 0 Å². The Bertz CT molecular complexity index is 1420. The van der Waals surface area contributed by atoms with E-state index < -0.39 is 18.6 Å². The van der Waals surface area contributed by atoms with Crippen LogP contribution in [0.15, 0.2) is 79.0 Å². The third kappa shape index (κ3) is 5.34. The van der Waals surface area contributed by atoms with Crippen LogP contribution in [-0.2, 0) is 22.4 Å². The molecular formula is C28H25ClN4O4. The molecular weight excluding hydrogens is 492 g/mol. The van der Waals surface area contributed by atoms with Gasteiger partial charge in [-0.05, 0) is 47.9 Å². The van der Waals surface area contributed by atoms with E-state index in [1.807, 2.05) is 53.4 Å². The number of carbonyl (C=O) groups is 2. The van der Waals surface area contributed by atoms with E-state index in [4.69, 9.17) is 21.4 Å². The molecule has 4 aromatic rings. The predicted molar refractivity (Wildman–Crippen MR) is 138 cm³/mol. The normalized spacial score (nSPS) is 14.7. The van der Waals surface area contributed by atoms with Crippen LogP contribution in [0.1, 0.15) is 34.8 Å². The van der Waals surface area contributed by atoms with Gasteiger partial charge in [0.2, 0.25) is 5.91 Å². The standard InChI is InChI=1S/C28H25ClN4O4/c29-20-10-12-25(37-18-27(35)36)24(16-20)28-23-9-5-4-6-19(23)14-15-32(28)26(34)13-11-22-17-30-31-33(22)21-7-2-1-3-8-21/h1-10,12,16-17,28H,11,13-15,18H2,(H,35,36). The molecule has 1 unspecified atom stereocenters. The number of benzene rings is 3. The summed E-state index contributed by atoms with van der Waals surface area (Å²) in [5, 5.41) is 17.9. The molecule has 1 amide bonds. The zero-order valence-corrected chi connectivity index (χ0v) is 20.7. The van der Waals surface area contributed by atoms with Crippen molar-refractivity contribution in [3.8, 4) is 11.4 Å². The highest BCUT2D eigenvalue weighted by Crippen LogP contribution is 2.40. The van der Waals surface area contributed by atoms with Gasteiger partial charge in [0.25, 0.3) is 0 Å². The summed E-state index contributed by atoms with van der Waals surface area (Å²) in [4.78, 5) is 26.7. The second kappa shape index (κ2) is 10.8. The minimum atomic E-state index is -1.08. The van der Waals surface area contributed by atoms with Crippen molar-refractivity contribution >= 4 is 23.5 Å². The molecule has 0 aliphatic carbocycles. The molecule has 1 aromatic heterocycles. The highest BCUT2D eigenvalue weighted by atomic mass is 35.5. The highest BCUT2D eigenvalue weighted by molar-refractivity contribution is 6.30. The number of carbonyl (C=O) groups excluding carboxylic acids is 1. The fraction of sp³-hybridized carbons (Fsp3) is 0.214. The van der Waals surface area contributed by atoms with Gasteiger partial charge in [-0.25, -0.2) is 9.48 Å². The first-order chi connectivity index (χ1) is 18.0. The first-order valence-electron chi connectivity index (χ1n) is 12.0. The molecule has 1 atom stereocenters. The van der Waals surface area contributed by atoms with Crippen molar-refractivity contribution in [3.05, 3.63) is 106 Å². The molecule has 1 N–H and O–H groups in total. The van der Waals surface area contributed by atoms with Crippen LogP contribution in [0.25, 0.3) is 5.69 Å². The summed E-state index contributed by atoms with van der Waals surface area (Å²) >= 11 is 6.37. The number of carboxylic acids is 1. The van der Waals surface area contributed by atoms with Crippen LogP contribution in [0.3, 0.4) is 0 Å². The topological polar surface area (TPSA) is 97.6 Å². The molecule has 188 valence electrons. The molecule has 9 heteroatoms. The summed E-state index contributed by atoms with van der Waals surface area (Å²) in [6.07, 6.45) is 3.11. The summed E-state index contributed by atoms with van der Waals surface area (Å²) in [5.74, 6) is -0.733. The van der Waals surface area contributed by atoms with Gasteiger partial charge in [-0.15, -0.1) is 5.10 Å². The van der Waals surface area contributed by atoms with Gasteiger partial charge in [0.1, 0.15) is 5.75 Å². The van der Waals surface area contributed by atoms with Crippen molar-refractivity contribution in [1.82, 2.24) is 19.9 Å². The highest BCUT2D eigenvalue weighted by Gasteiger charge is 2.34. The summed E-state index contributed by atoms with van der Waals surface area (Å²) in [6.45, 7) is 0.0228. The van der Waals surface area contributed by atoms with Gasteiger partial charge in [-0.2, -0.15) is 0 Å². The number of para-hydroxylation sites is 1. The van der Waals surface area contributed by atoms with E-state index in [1.165, 1.54) is 0 Å². The van der Waals surface area contributed by atoms with Gasteiger partial charge in [0.05, 0.1) is 23.6 Å². The fourth-order valence-electron chi connectivity index (χ4n) is 4.77. The van der Waals surface area contributed by atoms with Crippen molar-refractivity contribution in [3.63, 3.8) is 0 Å². The number of aromatic nitrogens is 3. The van der Waals surface area contributed by atoms with Gasteiger partial charge in [0.15, 0.2) is 6.61 Å². The smallest absolute Gasteiger partial charge is 0.341 e. The van der Waals surface area contributed by atoms with Gasteiger partial charge < -0.3 is 14.7 Å². The Kier molecular flexibility index (Phi) is 7.18. The molecule has 5 rings (SSSR count).